The first kappa shape index (κ1) is 18.3. The number of hydrogen-bond acceptors (Lipinski definition) is 5. The highest BCUT2D eigenvalue weighted by Gasteiger charge is 2.17. The number of aryl methyl sites for hydroxylation is 1. The van der Waals surface area contributed by atoms with E-state index in [1.54, 1.807) is 43.3 Å². The zero-order valence-electron chi connectivity index (χ0n) is 14.8. The predicted octanol–water partition coefficient (Wildman–Crippen LogP) is 3.76. The van der Waals surface area contributed by atoms with Crippen molar-refractivity contribution < 1.29 is 23.1 Å². The number of benzene rings is 2. The van der Waals surface area contributed by atoms with Gasteiger partial charge in [0.1, 0.15) is 11.6 Å². The second-order valence-electron chi connectivity index (χ2n) is 5.80. The number of ether oxygens (including phenoxy) is 1. The summed E-state index contributed by atoms with van der Waals surface area (Å²) in [6.07, 6.45) is -0.0494. The van der Waals surface area contributed by atoms with E-state index in [4.69, 9.17) is 4.42 Å². The third-order valence-electron chi connectivity index (χ3n) is 3.89. The Morgan fingerprint density at radius 1 is 1.19 bits per heavy atom. The van der Waals surface area contributed by atoms with Crippen LogP contribution in [0.4, 0.5) is 10.1 Å². The van der Waals surface area contributed by atoms with Gasteiger partial charge < -0.3 is 14.5 Å². The summed E-state index contributed by atoms with van der Waals surface area (Å²) < 4.78 is 24.0. The van der Waals surface area contributed by atoms with Gasteiger partial charge >= 0.3 is 5.97 Å². The molecule has 0 spiro atoms. The molecular weight excluding hydrogens is 351 g/mol. The quantitative estimate of drug-likeness (QED) is 0.694. The van der Waals surface area contributed by atoms with Gasteiger partial charge in [-0.15, -0.1) is 0 Å². The number of esters is 1. The van der Waals surface area contributed by atoms with Crippen LogP contribution in [0.15, 0.2) is 52.9 Å². The second kappa shape index (κ2) is 7.82. The molecule has 7 heteroatoms. The van der Waals surface area contributed by atoms with Gasteiger partial charge in [-0.1, -0.05) is 18.2 Å². The molecule has 6 nitrogen and oxygen atoms in total. The van der Waals surface area contributed by atoms with Crippen LogP contribution >= 0.6 is 0 Å². The van der Waals surface area contributed by atoms with Crippen molar-refractivity contribution in [2.75, 3.05) is 12.4 Å². The fourth-order valence-electron chi connectivity index (χ4n) is 2.54. The summed E-state index contributed by atoms with van der Waals surface area (Å²) in [5.74, 6) is -0.719. The number of rotatable bonds is 5. The Morgan fingerprint density at radius 3 is 2.70 bits per heavy atom. The molecule has 2 aromatic carbocycles. The number of nitrogens with one attached hydrogen (secondary N) is 1. The van der Waals surface area contributed by atoms with Crippen LogP contribution in [0.5, 0.6) is 0 Å². The smallest absolute Gasteiger partial charge is 0.337 e. The topological polar surface area (TPSA) is 81.4 Å². The number of nitrogens with zero attached hydrogens (tertiary/aromatic N) is 1. The monoisotopic (exact) mass is 368 g/mol. The molecule has 0 aliphatic rings. The lowest BCUT2D eigenvalue weighted by atomic mass is 10.2. The zero-order valence-corrected chi connectivity index (χ0v) is 14.8. The van der Waals surface area contributed by atoms with E-state index >= 15 is 0 Å². The van der Waals surface area contributed by atoms with E-state index < -0.39 is 11.8 Å². The Kier molecular flexibility index (Phi) is 5.30. The zero-order chi connectivity index (χ0) is 19.4. The third-order valence-corrected chi connectivity index (χ3v) is 3.89. The van der Waals surface area contributed by atoms with Gasteiger partial charge in [0.15, 0.2) is 0 Å². The van der Waals surface area contributed by atoms with Gasteiger partial charge in [0.25, 0.3) is 0 Å². The highest BCUT2D eigenvalue weighted by molar-refractivity contribution is 5.95. The molecule has 27 heavy (non-hydrogen) atoms. The molecule has 1 amide bonds. The van der Waals surface area contributed by atoms with Gasteiger partial charge in [-0.05, 0) is 37.3 Å². The molecule has 138 valence electrons. The lowest BCUT2D eigenvalue weighted by molar-refractivity contribution is -0.115. The summed E-state index contributed by atoms with van der Waals surface area (Å²) in [6.45, 7) is 1.66. The van der Waals surface area contributed by atoms with Crippen molar-refractivity contribution in [3.8, 4) is 11.5 Å². The van der Waals surface area contributed by atoms with Gasteiger partial charge in [0.05, 0.1) is 30.4 Å². The lowest BCUT2D eigenvalue weighted by Gasteiger charge is -2.06. The minimum absolute atomic E-state index is 0.0494. The minimum atomic E-state index is -0.493. The van der Waals surface area contributed by atoms with E-state index in [0.29, 0.717) is 22.7 Å². The Morgan fingerprint density at radius 2 is 1.96 bits per heavy atom. The number of amides is 1. The average Bonchev–Trinajstić information content (AvgIpc) is 3.01. The molecule has 1 N–H and O–H groups in total. The molecule has 0 radical (unpaired) electrons. The first-order valence-corrected chi connectivity index (χ1v) is 8.17. The molecule has 3 aromatic rings. The molecule has 0 aliphatic heterocycles. The van der Waals surface area contributed by atoms with E-state index in [9.17, 15) is 14.0 Å². The molecule has 1 heterocycles. The van der Waals surface area contributed by atoms with E-state index in [-0.39, 0.29) is 23.8 Å². The summed E-state index contributed by atoms with van der Waals surface area (Å²) >= 11 is 0. The van der Waals surface area contributed by atoms with Gasteiger partial charge in [0, 0.05) is 5.69 Å². The molecule has 0 unspecified atom stereocenters. The third kappa shape index (κ3) is 4.20. The summed E-state index contributed by atoms with van der Waals surface area (Å²) in [5, 5.41) is 2.69. The maximum absolute atomic E-state index is 13.9. The largest absolute Gasteiger partial charge is 0.465 e. The van der Waals surface area contributed by atoms with Crippen LogP contribution in [0.1, 0.15) is 21.8 Å². The van der Waals surface area contributed by atoms with E-state index in [1.807, 2.05) is 0 Å². The fraction of sp³-hybridized carbons (Fsp3) is 0.150. The molecule has 3 rings (SSSR count). The summed E-state index contributed by atoms with van der Waals surface area (Å²) in [5.41, 5.74) is 1.43. The molecule has 0 bridgehead atoms. The first-order chi connectivity index (χ1) is 13.0. The van der Waals surface area contributed by atoms with E-state index in [2.05, 4.69) is 15.0 Å². The van der Waals surface area contributed by atoms with Crippen molar-refractivity contribution in [3.05, 3.63) is 71.4 Å². The van der Waals surface area contributed by atoms with Crippen LogP contribution in [0.25, 0.3) is 11.5 Å². The van der Waals surface area contributed by atoms with E-state index in [0.717, 1.165) is 0 Å². The predicted molar refractivity (Wildman–Crippen MR) is 96.7 cm³/mol. The van der Waals surface area contributed by atoms with Crippen molar-refractivity contribution in [3.63, 3.8) is 0 Å². The van der Waals surface area contributed by atoms with Crippen LogP contribution in [0.3, 0.4) is 0 Å². The van der Waals surface area contributed by atoms with Crippen molar-refractivity contribution >= 4 is 17.6 Å². The Labute approximate surface area is 155 Å². The van der Waals surface area contributed by atoms with Gasteiger partial charge in [-0.2, -0.15) is 0 Å². The van der Waals surface area contributed by atoms with Crippen molar-refractivity contribution in [2.45, 2.75) is 13.3 Å². The minimum Gasteiger partial charge on any atom is -0.465 e. The SMILES string of the molecule is COC(=O)c1cccc(NC(=O)Cc2nc(-c3ccccc3F)oc2C)c1. The van der Waals surface area contributed by atoms with Gasteiger partial charge in [-0.25, -0.2) is 14.2 Å². The van der Waals surface area contributed by atoms with Crippen LogP contribution in [-0.2, 0) is 16.0 Å². The van der Waals surface area contributed by atoms with E-state index in [1.165, 1.54) is 19.2 Å². The first-order valence-electron chi connectivity index (χ1n) is 8.17. The van der Waals surface area contributed by atoms with Crippen LogP contribution in [0.2, 0.25) is 0 Å². The number of hydrogen-bond donors (Lipinski definition) is 1. The summed E-state index contributed by atoms with van der Waals surface area (Å²) in [7, 11) is 1.29. The molecule has 0 aliphatic carbocycles. The normalized spacial score (nSPS) is 10.5. The number of aromatic nitrogens is 1. The average molecular weight is 368 g/mol. The number of halogens is 1. The number of carbonyl (C=O) groups excluding carboxylic acids is 2. The van der Waals surface area contributed by atoms with Gasteiger partial charge in [0.2, 0.25) is 11.8 Å². The summed E-state index contributed by atoms with van der Waals surface area (Å²) in [6, 6.07) is 12.5. The van der Waals surface area contributed by atoms with Crippen LogP contribution < -0.4 is 5.32 Å². The molecule has 0 saturated heterocycles. The Bertz CT molecular complexity index is 997. The molecule has 0 saturated carbocycles. The Balaban J connectivity index is 1.74. The highest BCUT2D eigenvalue weighted by Crippen LogP contribution is 2.24. The van der Waals surface area contributed by atoms with Crippen molar-refractivity contribution in [1.29, 1.82) is 0 Å². The maximum atomic E-state index is 13.9. The van der Waals surface area contributed by atoms with Crippen molar-refractivity contribution in [2.24, 2.45) is 0 Å². The second-order valence-corrected chi connectivity index (χ2v) is 5.80. The maximum Gasteiger partial charge on any atom is 0.337 e. The van der Waals surface area contributed by atoms with Crippen LogP contribution in [-0.4, -0.2) is 24.0 Å². The molecule has 0 fully saturated rings. The highest BCUT2D eigenvalue weighted by atomic mass is 19.1. The summed E-state index contributed by atoms with van der Waals surface area (Å²) in [4.78, 5) is 28.1. The standard InChI is InChI=1S/C20H17FN2O4/c1-12-17(23-19(27-12)15-8-3-4-9-16(15)21)11-18(24)22-14-7-5-6-13(10-14)20(25)26-2/h3-10H,11H2,1-2H3,(H,22,24). The molecule has 0 atom stereocenters. The van der Waals surface area contributed by atoms with Crippen LogP contribution in [0, 0.1) is 12.7 Å². The lowest BCUT2D eigenvalue weighted by Crippen LogP contribution is -2.15. The van der Waals surface area contributed by atoms with Gasteiger partial charge in [-0.3, -0.25) is 4.79 Å². The molecular formula is C20H17FN2O4. The number of anilines is 1. The van der Waals surface area contributed by atoms with Crippen molar-refractivity contribution in [1.82, 2.24) is 4.98 Å². The number of methoxy groups -OCH3 is 1. The molecule has 1 aromatic heterocycles. The Hall–Kier alpha value is -3.48. The fourth-order valence-corrected chi connectivity index (χ4v) is 2.54. The number of oxazole rings is 1. The number of carbonyl (C=O) groups is 2.